The van der Waals surface area contributed by atoms with E-state index in [1.54, 1.807) is 0 Å². The molecule has 3 amide bonds. The van der Waals surface area contributed by atoms with Gasteiger partial charge >= 0.3 is 11.8 Å². The van der Waals surface area contributed by atoms with Crippen molar-refractivity contribution in [1.29, 1.82) is 0 Å². The number of carbonyl (C=O) groups excluding carboxylic acids is 3. The number of hydrogen-bond donors (Lipinski definition) is 5. The minimum absolute atomic E-state index is 0.0719. The molecule has 1 aliphatic heterocycles. The van der Waals surface area contributed by atoms with Gasteiger partial charge in [-0.1, -0.05) is 23.2 Å². The van der Waals surface area contributed by atoms with Crippen LogP contribution in [0.25, 0.3) is 0 Å². The second-order valence-electron chi connectivity index (χ2n) is 7.49. The Labute approximate surface area is 205 Å². The molecule has 34 heavy (non-hydrogen) atoms. The molecule has 0 aliphatic carbocycles. The van der Waals surface area contributed by atoms with Gasteiger partial charge in [0.05, 0.1) is 29.6 Å². The maximum atomic E-state index is 12.3. The van der Waals surface area contributed by atoms with Crippen LogP contribution in [0.4, 0.5) is 11.4 Å². The van der Waals surface area contributed by atoms with Crippen molar-refractivity contribution >= 4 is 52.3 Å². The van der Waals surface area contributed by atoms with E-state index < -0.39 is 23.3 Å². The number of carbonyl (C=O) groups is 3. The molecule has 1 heterocycles. The van der Waals surface area contributed by atoms with Gasteiger partial charge in [0.25, 0.3) is 5.91 Å². The van der Waals surface area contributed by atoms with Gasteiger partial charge in [0.15, 0.2) is 5.75 Å². The summed E-state index contributed by atoms with van der Waals surface area (Å²) < 4.78 is 5.30. The van der Waals surface area contributed by atoms with Gasteiger partial charge in [-0.05, 0) is 43.3 Å². The van der Waals surface area contributed by atoms with Crippen LogP contribution >= 0.6 is 23.2 Å². The van der Waals surface area contributed by atoms with E-state index in [1.165, 1.54) is 30.3 Å². The summed E-state index contributed by atoms with van der Waals surface area (Å²) in [6, 6.07) is 6.39. The molecule has 3 rings (SSSR count). The number of rotatable bonds is 7. The highest BCUT2D eigenvalue weighted by Gasteiger charge is 2.19. The van der Waals surface area contributed by atoms with Gasteiger partial charge in [0.1, 0.15) is 5.75 Å². The molecule has 1 aliphatic rings. The van der Waals surface area contributed by atoms with Crippen molar-refractivity contribution in [2.24, 2.45) is 0 Å². The molecule has 12 heteroatoms. The van der Waals surface area contributed by atoms with Gasteiger partial charge in [0.2, 0.25) is 0 Å². The number of phenolic OH excluding ortho intramolecular Hbond substituents is 2. The van der Waals surface area contributed by atoms with Crippen molar-refractivity contribution in [2.45, 2.75) is 6.42 Å². The van der Waals surface area contributed by atoms with Crippen molar-refractivity contribution < 1.29 is 29.3 Å². The number of halogens is 2. The standard InChI is InChI=1S/C22H24Cl2N4O6/c23-14-11-15(24)19(30)17(12-14)27-22(33)21(32)26-16-3-2-13(10-18(16)29)20(31)25-4-1-5-28-6-8-34-9-7-28/h2-3,10-12,29-30H,1,4-9H2,(H,25,31)(H,26,32)(H,27,33). The lowest BCUT2D eigenvalue weighted by atomic mass is 10.1. The van der Waals surface area contributed by atoms with E-state index in [9.17, 15) is 24.6 Å². The lowest BCUT2D eigenvalue weighted by Gasteiger charge is -2.26. The first-order valence-electron chi connectivity index (χ1n) is 10.5. The molecule has 0 spiro atoms. The summed E-state index contributed by atoms with van der Waals surface area (Å²) in [4.78, 5) is 39.0. The molecular formula is C22H24Cl2N4O6. The molecule has 10 nitrogen and oxygen atoms in total. The highest BCUT2D eigenvalue weighted by Crippen LogP contribution is 2.35. The molecule has 182 valence electrons. The normalized spacial score (nSPS) is 13.8. The summed E-state index contributed by atoms with van der Waals surface area (Å²) in [6.45, 7) is 4.50. The molecule has 0 saturated carbocycles. The third-order valence-electron chi connectivity index (χ3n) is 5.03. The fraction of sp³-hybridized carbons (Fsp3) is 0.318. The van der Waals surface area contributed by atoms with E-state index in [1.807, 2.05) is 0 Å². The van der Waals surface area contributed by atoms with Crippen LogP contribution in [-0.2, 0) is 14.3 Å². The highest BCUT2D eigenvalue weighted by atomic mass is 35.5. The van der Waals surface area contributed by atoms with Crippen LogP contribution < -0.4 is 16.0 Å². The topological polar surface area (TPSA) is 140 Å². The Morgan fingerprint density at radius 2 is 1.65 bits per heavy atom. The Balaban J connectivity index is 1.51. The molecule has 5 N–H and O–H groups in total. The van der Waals surface area contributed by atoms with Crippen molar-refractivity contribution in [3.63, 3.8) is 0 Å². The van der Waals surface area contributed by atoms with E-state index >= 15 is 0 Å². The Morgan fingerprint density at radius 1 is 0.971 bits per heavy atom. The largest absolute Gasteiger partial charge is 0.506 e. The number of nitrogens with zero attached hydrogens (tertiary/aromatic N) is 1. The Hall–Kier alpha value is -3.05. The third-order valence-corrected chi connectivity index (χ3v) is 5.54. The van der Waals surface area contributed by atoms with Crippen molar-refractivity contribution in [1.82, 2.24) is 10.2 Å². The molecule has 0 bridgehead atoms. The molecule has 0 unspecified atom stereocenters. The lowest BCUT2D eigenvalue weighted by molar-refractivity contribution is -0.133. The molecule has 0 aromatic heterocycles. The first kappa shape index (κ1) is 25.6. The zero-order valence-electron chi connectivity index (χ0n) is 18.1. The van der Waals surface area contributed by atoms with Gasteiger partial charge in [-0.15, -0.1) is 0 Å². The number of aromatic hydroxyl groups is 2. The zero-order valence-corrected chi connectivity index (χ0v) is 19.6. The summed E-state index contributed by atoms with van der Waals surface area (Å²) in [7, 11) is 0. The fourth-order valence-corrected chi connectivity index (χ4v) is 3.72. The number of nitrogens with one attached hydrogen (secondary N) is 3. The predicted molar refractivity (Wildman–Crippen MR) is 128 cm³/mol. The summed E-state index contributed by atoms with van der Waals surface area (Å²) in [6.07, 6.45) is 0.772. The maximum Gasteiger partial charge on any atom is 0.314 e. The second-order valence-corrected chi connectivity index (χ2v) is 8.33. The van der Waals surface area contributed by atoms with Gasteiger partial charge in [-0.3, -0.25) is 19.3 Å². The molecule has 1 fully saturated rings. The lowest BCUT2D eigenvalue weighted by Crippen LogP contribution is -2.38. The summed E-state index contributed by atoms with van der Waals surface area (Å²) in [5, 5.41) is 27.3. The molecule has 1 saturated heterocycles. The van der Waals surface area contributed by atoms with E-state index in [0.29, 0.717) is 19.8 Å². The minimum atomic E-state index is -1.13. The van der Waals surface area contributed by atoms with Crippen LogP contribution in [0.1, 0.15) is 16.8 Å². The number of morpholine rings is 1. The fourth-order valence-electron chi connectivity index (χ4n) is 3.23. The number of amides is 3. The van der Waals surface area contributed by atoms with Crippen molar-refractivity contribution in [2.75, 3.05) is 50.0 Å². The smallest absolute Gasteiger partial charge is 0.314 e. The van der Waals surface area contributed by atoms with Crippen molar-refractivity contribution in [3.05, 3.63) is 45.9 Å². The quantitative estimate of drug-likeness (QED) is 0.219. The number of anilines is 2. The molecule has 0 atom stereocenters. The van der Waals surface area contributed by atoms with Crippen LogP contribution in [-0.4, -0.2) is 72.2 Å². The highest BCUT2D eigenvalue weighted by molar-refractivity contribution is 6.44. The van der Waals surface area contributed by atoms with Crippen LogP contribution in [0.3, 0.4) is 0 Å². The second kappa shape index (κ2) is 11.9. The predicted octanol–water partition coefficient (Wildman–Crippen LogP) is 2.43. The summed E-state index contributed by atoms with van der Waals surface area (Å²) in [5.74, 6) is -3.46. The zero-order chi connectivity index (χ0) is 24.7. The molecule has 2 aromatic rings. The molecule has 0 radical (unpaired) electrons. The average Bonchev–Trinajstić information content (AvgIpc) is 2.81. The van der Waals surface area contributed by atoms with Crippen molar-refractivity contribution in [3.8, 4) is 11.5 Å². The first-order chi connectivity index (χ1) is 16.2. The van der Waals surface area contributed by atoms with E-state index in [0.717, 1.165) is 26.1 Å². The van der Waals surface area contributed by atoms with Crippen LogP contribution in [0, 0.1) is 0 Å². The monoisotopic (exact) mass is 510 g/mol. The van der Waals surface area contributed by atoms with Gasteiger partial charge in [-0.2, -0.15) is 0 Å². The SMILES string of the molecule is O=C(Nc1ccc(C(=O)NCCCN2CCOCC2)cc1O)C(=O)Nc1cc(Cl)cc(Cl)c1O. The van der Waals surface area contributed by atoms with E-state index in [2.05, 4.69) is 20.9 Å². The third kappa shape index (κ3) is 6.97. The Bertz CT molecular complexity index is 1080. The van der Waals surface area contributed by atoms with Gasteiger partial charge in [0, 0.05) is 30.2 Å². The molecule has 2 aromatic carbocycles. The Kier molecular flexibility index (Phi) is 8.94. The first-order valence-corrected chi connectivity index (χ1v) is 11.2. The van der Waals surface area contributed by atoms with E-state index in [4.69, 9.17) is 27.9 Å². The maximum absolute atomic E-state index is 12.3. The number of ether oxygens (including phenoxy) is 1. The summed E-state index contributed by atoms with van der Waals surface area (Å²) >= 11 is 11.6. The molecular weight excluding hydrogens is 487 g/mol. The minimum Gasteiger partial charge on any atom is -0.506 e. The van der Waals surface area contributed by atoms with Crippen LogP contribution in [0.2, 0.25) is 10.0 Å². The number of phenols is 2. The number of hydrogen-bond acceptors (Lipinski definition) is 7. The Morgan fingerprint density at radius 3 is 2.32 bits per heavy atom. The van der Waals surface area contributed by atoms with Gasteiger partial charge in [-0.25, -0.2) is 0 Å². The van der Waals surface area contributed by atoms with E-state index in [-0.39, 0.29) is 32.9 Å². The van der Waals surface area contributed by atoms with Crippen LogP contribution in [0.15, 0.2) is 30.3 Å². The van der Waals surface area contributed by atoms with Gasteiger partial charge < -0.3 is 30.9 Å². The number of benzene rings is 2. The summed E-state index contributed by atoms with van der Waals surface area (Å²) in [5.41, 5.74) is -0.0234. The van der Waals surface area contributed by atoms with Crippen LogP contribution in [0.5, 0.6) is 11.5 Å². The average molecular weight is 511 g/mol.